The van der Waals surface area contributed by atoms with Crippen LogP contribution in [0.3, 0.4) is 0 Å². The minimum Gasteiger partial charge on any atom is -0.339 e. The zero-order valence-electron chi connectivity index (χ0n) is 13.9. The van der Waals surface area contributed by atoms with Gasteiger partial charge in [-0.3, -0.25) is 4.79 Å². The Hall–Kier alpha value is -1.44. The molecule has 1 aromatic carbocycles. The van der Waals surface area contributed by atoms with Gasteiger partial charge in [-0.2, -0.15) is 4.31 Å². The second kappa shape index (κ2) is 7.42. The van der Waals surface area contributed by atoms with Gasteiger partial charge in [-0.1, -0.05) is 26.0 Å². The van der Waals surface area contributed by atoms with Crippen molar-refractivity contribution >= 4 is 15.9 Å². The number of benzene rings is 1. The lowest BCUT2D eigenvalue weighted by Gasteiger charge is -2.29. The third-order valence-electron chi connectivity index (χ3n) is 4.08. The van der Waals surface area contributed by atoms with Crippen LogP contribution in [0.25, 0.3) is 0 Å². The van der Waals surface area contributed by atoms with Gasteiger partial charge in [-0.25, -0.2) is 8.42 Å². The Morgan fingerprint density at radius 3 is 2.30 bits per heavy atom. The standard InChI is InChI=1S/C16H25N3O3S/c1-13(2)14-4-6-15(7-5-14)23(21,22)18(3)12-16(20)19-10-8-17-9-11-19/h4-7,13,17H,8-12H2,1-3H3. The Labute approximate surface area is 138 Å². The smallest absolute Gasteiger partial charge is 0.243 e. The summed E-state index contributed by atoms with van der Waals surface area (Å²) in [5.41, 5.74) is 1.09. The van der Waals surface area contributed by atoms with E-state index in [1.807, 2.05) is 12.1 Å². The third-order valence-corrected chi connectivity index (χ3v) is 5.90. The Morgan fingerprint density at radius 1 is 1.22 bits per heavy atom. The fourth-order valence-electron chi connectivity index (χ4n) is 2.49. The van der Waals surface area contributed by atoms with Crippen LogP contribution in [-0.4, -0.2) is 63.3 Å². The average molecular weight is 339 g/mol. The van der Waals surface area contributed by atoms with Crippen LogP contribution in [-0.2, 0) is 14.8 Å². The Morgan fingerprint density at radius 2 is 1.78 bits per heavy atom. The van der Waals surface area contributed by atoms with Gasteiger partial charge in [0.2, 0.25) is 15.9 Å². The van der Waals surface area contributed by atoms with Crippen molar-refractivity contribution in [1.29, 1.82) is 0 Å². The van der Waals surface area contributed by atoms with Crippen LogP contribution in [0.4, 0.5) is 0 Å². The number of amides is 1. The minimum atomic E-state index is -3.64. The third kappa shape index (κ3) is 4.31. The molecular formula is C16H25N3O3S. The van der Waals surface area contributed by atoms with E-state index in [2.05, 4.69) is 19.2 Å². The maximum absolute atomic E-state index is 12.6. The molecule has 1 N–H and O–H groups in total. The monoisotopic (exact) mass is 339 g/mol. The summed E-state index contributed by atoms with van der Waals surface area (Å²) >= 11 is 0. The first-order chi connectivity index (χ1) is 10.8. The number of carbonyl (C=O) groups excluding carboxylic acids is 1. The molecule has 0 aliphatic carbocycles. The highest BCUT2D eigenvalue weighted by Crippen LogP contribution is 2.19. The van der Waals surface area contributed by atoms with E-state index in [0.717, 1.165) is 23.0 Å². The highest BCUT2D eigenvalue weighted by atomic mass is 32.2. The van der Waals surface area contributed by atoms with E-state index in [1.165, 1.54) is 7.05 Å². The first-order valence-corrected chi connectivity index (χ1v) is 9.31. The van der Waals surface area contributed by atoms with Crippen molar-refractivity contribution in [2.75, 3.05) is 39.8 Å². The average Bonchev–Trinajstić information content (AvgIpc) is 2.55. The minimum absolute atomic E-state index is 0.131. The Kier molecular flexibility index (Phi) is 5.78. The zero-order chi connectivity index (χ0) is 17.0. The molecule has 0 spiro atoms. The van der Waals surface area contributed by atoms with Crippen molar-refractivity contribution in [1.82, 2.24) is 14.5 Å². The molecule has 6 nitrogen and oxygen atoms in total. The number of nitrogens with one attached hydrogen (secondary N) is 1. The van der Waals surface area contributed by atoms with E-state index in [1.54, 1.807) is 17.0 Å². The molecule has 1 aliphatic rings. The summed E-state index contributed by atoms with van der Waals surface area (Å²) in [6.07, 6.45) is 0. The normalized spacial score (nSPS) is 16.1. The van der Waals surface area contributed by atoms with Gasteiger partial charge < -0.3 is 10.2 Å². The second-order valence-corrected chi connectivity index (χ2v) is 8.16. The maximum Gasteiger partial charge on any atom is 0.243 e. The molecule has 0 atom stereocenters. The van der Waals surface area contributed by atoms with E-state index < -0.39 is 10.0 Å². The van der Waals surface area contributed by atoms with Crippen LogP contribution < -0.4 is 5.32 Å². The van der Waals surface area contributed by atoms with Crippen molar-refractivity contribution in [3.63, 3.8) is 0 Å². The predicted molar refractivity (Wildman–Crippen MR) is 89.8 cm³/mol. The number of nitrogens with zero attached hydrogens (tertiary/aromatic N) is 2. The molecule has 1 fully saturated rings. The van der Waals surface area contributed by atoms with Gasteiger partial charge in [-0.15, -0.1) is 0 Å². The van der Waals surface area contributed by atoms with Gasteiger partial charge in [0.1, 0.15) is 0 Å². The van der Waals surface area contributed by atoms with Gasteiger partial charge in [-0.05, 0) is 23.6 Å². The molecule has 1 saturated heterocycles. The fourth-order valence-corrected chi connectivity index (χ4v) is 3.61. The first kappa shape index (κ1) is 17.9. The molecule has 0 unspecified atom stereocenters. The van der Waals surface area contributed by atoms with Gasteiger partial charge in [0, 0.05) is 33.2 Å². The molecule has 1 amide bonds. The van der Waals surface area contributed by atoms with Gasteiger partial charge >= 0.3 is 0 Å². The quantitative estimate of drug-likeness (QED) is 0.864. The fraction of sp³-hybridized carbons (Fsp3) is 0.562. The van der Waals surface area contributed by atoms with Crippen LogP contribution >= 0.6 is 0 Å². The number of hydrogen-bond acceptors (Lipinski definition) is 4. The summed E-state index contributed by atoms with van der Waals surface area (Å²) in [4.78, 5) is 14.1. The largest absolute Gasteiger partial charge is 0.339 e. The van der Waals surface area contributed by atoms with Crippen LogP contribution in [0.15, 0.2) is 29.2 Å². The van der Waals surface area contributed by atoms with Gasteiger partial charge in [0.25, 0.3) is 0 Å². The van der Waals surface area contributed by atoms with Crippen molar-refractivity contribution in [2.24, 2.45) is 0 Å². The SMILES string of the molecule is CC(C)c1ccc(S(=O)(=O)N(C)CC(=O)N2CCNCC2)cc1. The van der Waals surface area contributed by atoms with E-state index in [9.17, 15) is 13.2 Å². The molecule has 128 valence electrons. The lowest BCUT2D eigenvalue weighted by atomic mass is 10.0. The molecule has 0 saturated carbocycles. The van der Waals surface area contributed by atoms with Gasteiger partial charge in [0.05, 0.1) is 11.4 Å². The van der Waals surface area contributed by atoms with Crippen LogP contribution in [0.1, 0.15) is 25.3 Å². The summed E-state index contributed by atoms with van der Waals surface area (Å²) in [7, 11) is -2.19. The van der Waals surface area contributed by atoms with Crippen molar-refractivity contribution in [2.45, 2.75) is 24.7 Å². The van der Waals surface area contributed by atoms with Crippen LogP contribution in [0.2, 0.25) is 0 Å². The summed E-state index contributed by atoms with van der Waals surface area (Å²) in [6.45, 7) is 6.72. The summed E-state index contributed by atoms with van der Waals surface area (Å²) in [5, 5.41) is 3.17. The van der Waals surface area contributed by atoms with Crippen molar-refractivity contribution in [3.8, 4) is 0 Å². The van der Waals surface area contributed by atoms with Crippen LogP contribution in [0.5, 0.6) is 0 Å². The van der Waals surface area contributed by atoms with E-state index in [4.69, 9.17) is 0 Å². The van der Waals surface area contributed by atoms with Crippen molar-refractivity contribution < 1.29 is 13.2 Å². The molecule has 7 heteroatoms. The molecule has 1 aliphatic heterocycles. The number of piperazine rings is 1. The molecule has 2 rings (SSSR count). The second-order valence-electron chi connectivity index (χ2n) is 6.12. The summed E-state index contributed by atoms with van der Waals surface area (Å²) in [5.74, 6) is 0.190. The lowest BCUT2D eigenvalue weighted by Crippen LogP contribution is -2.49. The van der Waals surface area contributed by atoms with E-state index in [-0.39, 0.29) is 17.3 Å². The molecule has 0 bridgehead atoms. The summed E-state index contributed by atoms with van der Waals surface area (Å²) < 4.78 is 26.3. The molecule has 0 aromatic heterocycles. The van der Waals surface area contributed by atoms with E-state index >= 15 is 0 Å². The molecule has 0 radical (unpaired) electrons. The molecule has 23 heavy (non-hydrogen) atoms. The molecule has 1 aromatic rings. The summed E-state index contributed by atoms with van der Waals surface area (Å²) in [6, 6.07) is 6.86. The Balaban J connectivity index is 2.07. The van der Waals surface area contributed by atoms with Crippen molar-refractivity contribution in [3.05, 3.63) is 29.8 Å². The highest BCUT2D eigenvalue weighted by Gasteiger charge is 2.25. The van der Waals surface area contributed by atoms with E-state index in [0.29, 0.717) is 19.0 Å². The predicted octanol–water partition coefficient (Wildman–Crippen LogP) is 0.862. The topological polar surface area (TPSA) is 69.7 Å². The zero-order valence-corrected chi connectivity index (χ0v) is 14.8. The molecular weight excluding hydrogens is 314 g/mol. The number of sulfonamides is 1. The number of hydrogen-bond donors (Lipinski definition) is 1. The van der Waals surface area contributed by atoms with Gasteiger partial charge in [0.15, 0.2) is 0 Å². The highest BCUT2D eigenvalue weighted by molar-refractivity contribution is 7.89. The number of rotatable bonds is 5. The number of likely N-dealkylation sites (N-methyl/N-ethyl adjacent to an activating group) is 1. The maximum atomic E-state index is 12.6. The lowest BCUT2D eigenvalue weighted by molar-refractivity contribution is -0.131. The number of carbonyl (C=O) groups is 1. The molecule has 1 heterocycles. The first-order valence-electron chi connectivity index (χ1n) is 7.87. The van der Waals surface area contributed by atoms with Crippen LogP contribution in [0, 0.1) is 0 Å². The Bertz CT molecular complexity index is 635.